The fraction of sp³-hybridized carbons (Fsp3) is 1.00. The van der Waals surface area contributed by atoms with Gasteiger partial charge >= 0.3 is 12.4 Å². The maximum absolute atomic E-state index is 11.9. The zero-order chi connectivity index (χ0) is 16.7. The third-order valence-electron chi connectivity index (χ3n) is 3.67. The van der Waals surface area contributed by atoms with Crippen molar-refractivity contribution in [2.75, 3.05) is 6.61 Å². The predicted molar refractivity (Wildman–Crippen MR) is 66.1 cm³/mol. The van der Waals surface area contributed by atoms with Crippen LogP contribution in [0, 0.1) is 23.7 Å². The topological polar surface area (TPSA) is 20.2 Å². The van der Waals surface area contributed by atoms with Gasteiger partial charge in [0.2, 0.25) is 0 Å². The first kappa shape index (κ1) is 21.8. The lowest BCUT2D eigenvalue weighted by atomic mass is 9.93. The van der Waals surface area contributed by atoms with Crippen molar-refractivity contribution in [3.63, 3.8) is 0 Å². The first-order valence-corrected chi connectivity index (χ1v) is 6.53. The molecule has 0 saturated carbocycles. The van der Waals surface area contributed by atoms with E-state index in [2.05, 4.69) is 0 Å². The SMILES string of the molecule is CC(CO)C(C)C(F)(F)F.CCC(C)C(C)C(F)(F)F. The van der Waals surface area contributed by atoms with Crippen molar-refractivity contribution in [1.82, 2.24) is 0 Å². The summed E-state index contributed by atoms with van der Waals surface area (Å²) in [6.45, 7) is 6.65. The molecule has 4 unspecified atom stereocenters. The van der Waals surface area contributed by atoms with Gasteiger partial charge in [0.1, 0.15) is 0 Å². The molecule has 7 heteroatoms. The average Bonchev–Trinajstić information content (AvgIpc) is 2.33. The van der Waals surface area contributed by atoms with Gasteiger partial charge in [-0.15, -0.1) is 0 Å². The Bertz CT molecular complexity index is 222. The van der Waals surface area contributed by atoms with Gasteiger partial charge in [-0.3, -0.25) is 0 Å². The van der Waals surface area contributed by atoms with Crippen LogP contribution in [0.2, 0.25) is 0 Å². The second kappa shape index (κ2) is 8.74. The molecule has 0 saturated heterocycles. The number of aliphatic hydroxyl groups excluding tert-OH is 1. The van der Waals surface area contributed by atoms with Crippen LogP contribution < -0.4 is 0 Å². The number of hydrogen-bond donors (Lipinski definition) is 1. The molecule has 0 rings (SSSR count). The molecule has 0 radical (unpaired) electrons. The molecule has 1 N–H and O–H groups in total. The van der Waals surface area contributed by atoms with Crippen LogP contribution in [0.1, 0.15) is 41.0 Å². The molecule has 0 fully saturated rings. The van der Waals surface area contributed by atoms with E-state index >= 15 is 0 Å². The van der Waals surface area contributed by atoms with Crippen molar-refractivity contribution >= 4 is 0 Å². The lowest BCUT2D eigenvalue weighted by molar-refractivity contribution is -0.185. The minimum atomic E-state index is -4.18. The molecule has 0 aliphatic rings. The van der Waals surface area contributed by atoms with E-state index in [1.165, 1.54) is 13.8 Å². The van der Waals surface area contributed by atoms with Crippen molar-refractivity contribution in [3.8, 4) is 0 Å². The Morgan fingerprint density at radius 2 is 1.05 bits per heavy atom. The van der Waals surface area contributed by atoms with Crippen LogP contribution in [0.5, 0.6) is 0 Å². The van der Waals surface area contributed by atoms with Gasteiger partial charge in [0.05, 0.1) is 11.8 Å². The summed E-state index contributed by atoms with van der Waals surface area (Å²) in [5.74, 6) is -3.56. The van der Waals surface area contributed by atoms with Crippen molar-refractivity contribution in [3.05, 3.63) is 0 Å². The maximum atomic E-state index is 11.9. The summed E-state index contributed by atoms with van der Waals surface area (Å²) in [5.41, 5.74) is 0. The van der Waals surface area contributed by atoms with Gasteiger partial charge in [0.15, 0.2) is 0 Å². The number of rotatable bonds is 4. The molecule has 0 bridgehead atoms. The molecule has 1 nitrogen and oxygen atoms in total. The summed E-state index contributed by atoms with van der Waals surface area (Å²) in [4.78, 5) is 0. The van der Waals surface area contributed by atoms with Crippen molar-refractivity contribution in [2.45, 2.75) is 53.4 Å². The number of alkyl halides is 6. The van der Waals surface area contributed by atoms with Crippen LogP contribution in [0.4, 0.5) is 26.3 Å². The Morgan fingerprint density at radius 3 is 1.15 bits per heavy atom. The minimum absolute atomic E-state index is 0.264. The quantitative estimate of drug-likeness (QED) is 0.721. The standard InChI is InChI=1S/C7H13F3.C6H11F3O/c1-4-5(2)6(3)7(8,9)10;1-4(3-10)5(2)6(7,8)9/h5-6H,4H2,1-3H3;4-5,10H,3H2,1-2H3. The third kappa shape index (κ3) is 8.66. The summed E-state index contributed by atoms with van der Waals surface area (Å²) in [7, 11) is 0. The van der Waals surface area contributed by atoms with E-state index in [9.17, 15) is 26.3 Å². The van der Waals surface area contributed by atoms with E-state index in [1.54, 1.807) is 13.8 Å². The fourth-order valence-electron chi connectivity index (χ4n) is 1.16. The van der Waals surface area contributed by atoms with Crippen LogP contribution in [0.3, 0.4) is 0 Å². The molecule has 0 aromatic rings. The molecule has 4 atom stereocenters. The maximum Gasteiger partial charge on any atom is 0.391 e. The van der Waals surface area contributed by atoms with Crippen molar-refractivity contribution in [1.29, 1.82) is 0 Å². The van der Waals surface area contributed by atoms with Crippen LogP contribution in [-0.4, -0.2) is 24.1 Å². The molecule has 0 aliphatic heterocycles. The number of aliphatic hydroxyl groups is 1. The van der Waals surface area contributed by atoms with Crippen molar-refractivity contribution < 1.29 is 31.4 Å². The van der Waals surface area contributed by atoms with E-state index < -0.39 is 36.7 Å². The monoisotopic (exact) mass is 310 g/mol. The van der Waals surface area contributed by atoms with E-state index in [0.29, 0.717) is 6.42 Å². The molecule has 0 amide bonds. The van der Waals surface area contributed by atoms with Crippen LogP contribution >= 0.6 is 0 Å². The largest absolute Gasteiger partial charge is 0.396 e. The van der Waals surface area contributed by atoms with Gasteiger partial charge in [-0.25, -0.2) is 0 Å². The summed E-state index contributed by atoms with van der Waals surface area (Å²) >= 11 is 0. The smallest absolute Gasteiger partial charge is 0.391 e. The van der Waals surface area contributed by atoms with E-state index in [4.69, 9.17) is 5.11 Å². The van der Waals surface area contributed by atoms with Gasteiger partial charge in [-0.2, -0.15) is 26.3 Å². The Balaban J connectivity index is 0. The normalized spacial score (nSPS) is 18.6. The van der Waals surface area contributed by atoms with Crippen LogP contribution in [-0.2, 0) is 0 Å². The van der Waals surface area contributed by atoms with Gasteiger partial charge in [0.25, 0.3) is 0 Å². The Kier molecular flexibility index (Phi) is 9.55. The first-order chi connectivity index (χ1) is 8.78. The lowest BCUT2D eigenvalue weighted by Crippen LogP contribution is -2.27. The minimum Gasteiger partial charge on any atom is -0.396 e. The van der Waals surface area contributed by atoms with Crippen LogP contribution in [0.15, 0.2) is 0 Å². The van der Waals surface area contributed by atoms with Gasteiger partial charge in [0, 0.05) is 6.61 Å². The molecule has 0 aromatic carbocycles. The summed E-state index contributed by atoms with van der Waals surface area (Å²) in [6, 6.07) is 0. The first-order valence-electron chi connectivity index (χ1n) is 6.53. The summed E-state index contributed by atoms with van der Waals surface area (Å²) in [5, 5.41) is 8.37. The zero-order valence-electron chi connectivity index (χ0n) is 12.4. The summed E-state index contributed by atoms with van der Waals surface area (Å²) < 4.78 is 71.0. The fourth-order valence-corrected chi connectivity index (χ4v) is 1.16. The van der Waals surface area contributed by atoms with Crippen molar-refractivity contribution in [2.24, 2.45) is 23.7 Å². The molecular formula is C13H24F6O. The summed E-state index contributed by atoms with van der Waals surface area (Å²) in [6.07, 6.45) is -7.61. The van der Waals surface area contributed by atoms with E-state index in [0.717, 1.165) is 6.92 Å². The lowest BCUT2D eigenvalue weighted by Gasteiger charge is -2.20. The molecule has 20 heavy (non-hydrogen) atoms. The van der Waals surface area contributed by atoms with E-state index in [1.807, 2.05) is 0 Å². The highest BCUT2D eigenvalue weighted by Gasteiger charge is 2.39. The Labute approximate surface area is 116 Å². The highest BCUT2D eigenvalue weighted by Crippen LogP contribution is 2.32. The third-order valence-corrected chi connectivity index (χ3v) is 3.67. The van der Waals surface area contributed by atoms with Gasteiger partial charge in [-0.05, 0) is 11.8 Å². The molecule has 0 spiro atoms. The molecular weight excluding hydrogens is 286 g/mol. The number of hydrogen-bond acceptors (Lipinski definition) is 1. The predicted octanol–water partition coefficient (Wildman–Crippen LogP) is 5.04. The highest BCUT2D eigenvalue weighted by molar-refractivity contribution is 4.68. The molecule has 0 aliphatic carbocycles. The van der Waals surface area contributed by atoms with Gasteiger partial charge in [-0.1, -0.05) is 41.0 Å². The Morgan fingerprint density at radius 1 is 0.750 bits per heavy atom. The van der Waals surface area contributed by atoms with Crippen LogP contribution in [0.25, 0.3) is 0 Å². The Hall–Kier alpha value is -0.460. The molecule has 0 heterocycles. The molecule has 0 aromatic heterocycles. The second-order valence-corrected chi connectivity index (χ2v) is 5.21. The highest BCUT2D eigenvalue weighted by atomic mass is 19.4. The second-order valence-electron chi connectivity index (χ2n) is 5.21. The molecule has 124 valence electrons. The zero-order valence-corrected chi connectivity index (χ0v) is 12.4. The number of halogens is 6. The van der Waals surface area contributed by atoms with E-state index in [-0.39, 0.29) is 5.92 Å². The van der Waals surface area contributed by atoms with Gasteiger partial charge < -0.3 is 5.11 Å². The average molecular weight is 310 g/mol.